The zero-order chi connectivity index (χ0) is 19.7. The molecule has 0 spiro atoms. The Kier molecular flexibility index (Phi) is 5.29. The summed E-state index contributed by atoms with van der Waals surface area (Å²) in [5, 5.41) is 4.43. The van der Waals surface area contributed by atoms with Crippen LogP contribution in [0.25, 0.3) is 11.0 Å². The minimum Gasteiger partial charge on any atom is -0.484 e. The quantitative estimate of drug-likeness (QED) is 0.606. The van der Waals surface area contributed by atoms with Crippen LogP contribution < -0.4 is 15.7 Å². The van der Waals surface area contributed by atoms with Crippen LogP contribution in [0.2, 0.25) is 10.0 Å². The van der Waals surface area contributed by atoms with E-state index >= 15 is 0 Å². The van der Waals surface area contributed by atoms with Crippen molar-refractivity contribution in [2.24, 2.45) is 0 Å². The van der Waals surface area contributed by atoms with E-state index in [0.717, 1.165) is 42.2 Å². The Hall–Kier alpha value is -2.50. The van der Waals surface area contributed by atoms with E-state index in [9.17, 15) is 9.59 Å². The van der Waals surface area contributed by atoms with Gasteiger partial charge >= 0.3 is 5.63 Å². The number of hydrogen-bond donors (Lipinski definition) is 1. The van der Waals surface area contributed by atoms with Crippen molar-refractivity contribution in [1.82, 2.24) is 0 Å². The normalized spacial score (nSPS) is 13.2. The fourth-order valence-corrected chi connectivity index (χ4v) is 3.78. The number of aryl methyl sites for hydroxylation is 1. The van der Waals surface area contributed by atoms with Crippen LogP contribution in [0.1, 0.15) is 24.0 Å². The lowest BCUT2D eigenvalue weighted by Gasteiger charge is -2.16. The molecule has 0 saturated heterocycles. The molecular formula is C21H17Cl2NO4. The van der Waals surface area contributed by atoms with Gasteiger partial charge in [-0.15, -0.1) is 0 Å². The van der Waals surface area contributed by atoms with Crippen LogP contribution in [0.15, 0.2) is 45.6 Å². The fraction of sp³-hybridized carbons (Fsp3) is 0.238. The average molecular weight is 418 g/mol. The smallest absolute Gasteiger partial charge is 0.339 e. The van der Waals surface area contributed by atoms with Crippen molar-refractivity contribution >= 4 is 45.8 Å². The van der Waals surface area contributed by atoms with Gasteiger partial charge < -0.3 is 14.5 Å². The molecule has 0 fully saturated rings. The highest BCUT2D eigenvalue weighted by atomic mass is 35.5. The summed E-state index contributed by atoms with van der Waals surface area (Å²) in [5.74, 6) is 0.0647. The molecule has 1 amide bonds. The number of hydrogen-bond acceptors (Lipinski definition) is 4. The molecular weight excluding hydrogens is 401 g/mol. The first-order valence-electron chi connectivity index (χ1n) is 8.97. The Labute approximate surface area is 171 Å². The molecule has 1 heterocycles. The van der Waals surface area contributed by atoms with E-state index in [0.29, 0.717) is 27.1 Å². The van der Waals surface area contributed by atoms with E-state index in [1.165, 1.54) is 0 Å². The third kappa shape index (κ3) is 3.86. The first kappa shape index (κ1) is 18.8. The molecule has 2 aromatic carbocycles. The first-order valence-corrected chi connectivity index (χ1v) is 9.73. The molecule has 5 nitrogen and oxygen atoms in total. The van der Waals surface area contributed by atoms with Gasteiger partial charge in [-0.05, 0) is 61.6 Å². The van der Waals surface area contributed by atoms with Crippen LogP contribution >= 0.6 is 23.2 Å². The molecule has 28 heavy (non-hydrogen) atoms. The second-order valence-electron chi connectivity index (χ2n) is 6.67. The minimum absolute atomic E-state index is 0.219. The number of anilines is 1. The van der Waals surface area contributed by atoms with Crippen LogP contribution in [0.4, 0.5) is 5.69 Å². The molecule has 0 radical (unpaired) electrons. The van der Waals surface area contributed by atoms with Gasteiger partial charge in [0.15, 0.2) is 6.61 Å². The van der Waals surface area contributed by atoms with E-state index in [2.05, 4.69) is 5.32 Å². The molecule has 0 bridgehead atoms. The monoisotopic (exact) mass is 417 g/mol. The predicted octanol–water partition coefficient (Wildman–Crippen LogP) is 5.00. The molecule has 1 aromatic heterocycles. The summed E-state index contributed by atoms with van der Waals surface area (Å²) >= 11 is 12.0. The lowest BCUT2D eigenvalue weighted by Crippen LogP contribution is -2.20. The molecule has 1 aliphatic carbocycles. The van der Waals surface area contributed by atoms with Gasteiger partial charge in [0.1, 0.15) is 11.3 Å². The highest BCUT2D eigenvalue weighted by molar-refractivity contribution is 6.35. The Balaban J connectivity index is 1.50. The highest BCUT2D eigenvalue weighted by Crippen LogP contribution is 2.29. The molecule has 0 unspecified atom stereocenters. The number of amides is 1. The maximum atomic E-state index is 12.2. The number of fused-ring (bicyclic) bond motifs is 3. The van der Waals surface area contributed by atoms with Crippen LogP contribution in [0.3, 0.4) is 0 Å². The van der Waals surface area contributed by atoms with Crippen molar-refractivity contribution in [2.45, 2.75) is 25.7 Å². The van der Waals surface area contributed by atoms with Crippen LogP contribution in [-0.2, 0) is 17.6 Å². The summed E-state index contributed by atoms with van der Waals surface area (Å²) in [6.45, 7) is -0.219. The highest BCUT2D eigenvalue weighted by Gasteiger charge is 2.18. The number of benzene rings is 2. The summed E-state index contributed by atoms with van der Waals surface area (Å²) in [6.07, 6.45) is 3.71. The van der Waals surface area contributed by atoms with E-state index in [1.54, 1.807) is 30.3 Å². The predicted molar refractivity (Wildman–Crippen MR) is 110 cm³/mol. The Morgan fingerprint density at radius 2 is 1.86 bits per heavy atom. The topological polar surface area (TPSA) is 68.5 Å². The number of carbonyl (C=O) groups excluding carboxylic acids is 1. The number of halogens is 2. The van der Waals surface area contributed by atoms with Crippen molar-refractivity contribution in [1.29, 1.82) is 0 Å². The third-order valence-electron chi connectivity index (χ3n) is 4.77. The third-order valence-corrected chi connectivity index (χ3v) is 5.33. The zero-order valence-electron chi connectivity index (χ0n) is 14.9. The van der Waals surface area contributed by atoms with Gasteiger partial charge in [-0.1, -0.05) is 23.2 Å². The molecule has 1 aliphatic rings. The Morgan fingerprint density at radius 3 is 2.68 bits per heavy atom. The van der Waals surface area contributed by atoms with Crippen molar-refractivity contribution in [2.75, 3.05) is 11.9 Å². The second kappa shape index (κ2) is 7.86. The van der Waals surface area contributed by atoms with Gasteiger partial charge in [0.2, 0.25) is 0 Å². The van der Waals surface area contributed by atoms with Crippen molar-refractivity contribution in [3.05, 3.63) is 68.0 Å². The molecule has 1 N–H and O–H groups in total. The van der Waals surface area contributed by atoms with Gasteiger partial charge in [0.25, 0.3) is 5.91 Å². The first-order chi connectivity index (χ1) is 13.5. The summed E-state index contributed by atoms with van der Waals surface area (Å²) in [5.41, 5.74) is 2.45. The SMILES string of the molecule is O=C(COc1ccc2c3c(c(=O)oc2c1)CCCC3)Nc1cc(Cl)ccc1Cl. The maximum absolute atomic E-state index is 12.2. The molecule has 0 saturated carbocycles. The summed E-state index contributed by atoms with van der Waals surface area (Å²) in [7, 11) is 0. The number of nitrogens with one attached hydrogen (secondary N) is 1. The van der Waals surface area contributed by atoms with Gasteiger partial charge in [-0.25, -0.2) is 4.79 Å². The Morgan fingerprint density at radius 1 is 1.07 bits per heavy atom. The fourth-order valence-electron chi connectivity index (χ4n) is 3.44. The summed E-state index contributed by atoms with van der Waals surface area (Å²) in [6, 6.07) is 10.1. The van der Waals surface area contributed by atoms with Crippen LogP contribution in [-0.4, -0.2) is 12.5 Å². The maximum Gasteiger partial charge on any atom is 0.339 e. The van der Waals surface area contributed by atoms with Crippen molar-refractivity contribution < 1.29 is 13.9 Å². The van der Waals surface area contributed by atoms with E-state index < -0.39 is 0 Å². The number of carbonyl (C=O) groups is 1. The molecule has 7 heteroatoms. The van der Waals surface area contributed by atoms with E-state index in [1.807, 2.05) is 6.07 Å². The van der Waals surface area contributed by atoms with E-state index in [-0.39, 0.29) is 18.1 Å². The minimum atomic E-state index is -0.379. The van der Waals surface area contributed by atoms with Gasteiger partial charge in [-0.2, -0.15) is 0 Å². The molecule has 4 rings (SSSR count). The van der Waals surface area contributed by atoms with Crippen LogP contribution in [0.5, 0.6) is 5.75 Å². The van der Waals surface area contributed by atoms with Gasteiger partial charge in [0.05, 0.1) is 10.7 Å². The van der Waals surface area contributed by atoms with Gasteiger partial charge in [-0.3, -0.25) is 4.79 Å². The molecule has 0 aliphatic heterocycles. The molecule has 0 atom stereocenters. The lowest BCUT2D eigenvalue weighted by molar-refractivity contribution is -0.118. The van der Waals surface area contributed by atoms with Crippen LogP contribution in [0, 0.1) is 0 Å². The summed E-state index contributed by atoms with van der Waals surface area (Å²) < 4.78 is 11.0. The number of rotatable bonds is 4. The average Bonchev–Trinajstić information content (AvgIpc) is 2.69. The molecule has 144 valence electrons. The van der Waals surface area contributed by atoms with Crippen molar-refractivity contribution in [3.63, 3.8) is 0 Å². The summed E-state index contributed by atoms with van der Waals surface area (Å²) in [4.78, 5) is 24.4. The Bertz CT molecular complexity index is 1120. The lowest BCUT2D eigenvalue weighted by atomic mass is 9.91. The largest absolute Gasteiger partial charge is 0.484 e. The zero-order valence-corrected chi connectivity index (χ0v) is 16.4. The van der Waals surface area contributed by atoms with Crippen molar-refractivity contribution in [3.8, 4) is 5.75 Å². The van der Waals surface area contributed by atoms with Gasteiger partial charge in [0, 0.05) is 22.0 Å². The number of ether oxygens (including phenoxy) is 1. The standard InChI is InChI=1S/C21H17Cl2NO4/c22-12-5-8-17(23)18(9-12)24-20(25)11-27-13-6-7-15-14-3-1-2-4-16(14)21(26)28-19(15)10-13/h5-10H,1-4,11H2,(H,24,25). The molecule has 3 aromatic rings. The second-order valence-corrected chi connectivity index (χ2v) is 7.52. The van der Waals surface area contributed by atoms with E-state index in [4.69, 9.17) is 32.4 Å².